The molecule has 2 aromatic carbocycles. The van der Waals surface area contributed by atoms with Crippen LogP contribution in [0.5, 0.6) is 5.75 Å². The highest BCUT2D eigenvalue weighted by Crippen LogP contribution is 2.30. The third-order valence-electron chi connectivity index (χ3n) is 5.30. The fourth-order valence-corrected chi connectivity index (χ4v) is 3.95. The number of benzene rings is 2. The Morgan fingerprint density at radius 3 is 2.81 bits per heavy atom. The molecule has 2 aromatic heterocycles. The van der Waals surface area contributed by atoms with Gasteiger partial charge >= 0.3 is 0 Å². The van der Waals surface area contributed by atoms with Crippen molar-refractivity contribution in [3.05, 3.63) is 65.2 Å². The molecule has 0 unspecified atom stereocenters. The number of halogens is 1. The number of amides is 1. The van der Waals surface area contributed by atoms with Crippen molar-refractivity contribution < 1.29 is 13.9 Å². The maximum atomic E-state index is 13.7. The van der Waals surface area contributed by atoms with Crippen molar-refractivity contribution in [2.24, 2.45) is 0 Å². The van der Waals surface area contributed by atoms with Gasteiger partial charge in [-0.2, -0.15) is 0 Å². The molecule has 3 heterocycles. The Bertz CT molecular complexity index is 1190. The zero-order valence-corrected chi connectivity index (χ0v) is 14.8. The van der Waals surface area contributed by atoms with Crippen molar-refractivity contribution in [3.63, 3.8) is 0 Å². The van der Waals surface area contributed by atoms with Gasteiger partial charge in [0.2, 0.25) is 0 Å². The first kappa shape index (κ1) is 15.9. The molecule has 0 radical (unpaired) electrons. The van der Waals surface area contributed by atoms with Crippen LogP contribution in [-0.2, 0) is 13.0 Å². The minimum Gasteiger partial charge on any atom is -0.496 e. The van der Waals surface area contributed by atoms with Crippen molar-refractivity contribution in [3.8, 4) is 5.75 Å². The molecule has 0 atom stereocenters. The number of rotatable bonds is 2. The molecule has 0 aliphatic carbocycles. The van der Waals surface area contributed by atoms with Gasteiger partial charge < -0.3 is 19.6 Å². The van der Waals surface area contributed by atoms with Gasteiger partial charge in [-0.3, -0.25) is 4.79 Å². The lowest BCUT2D eigenvalue weighted by molar-refractivity contribution is 0.0730. The molecule has 5 nitrogen and oxygen atoms in total. The summed E-state index contributed by atoms with van der Waals surface area (Å²) in [5.41, 5.74) is 4.38. The van der Waals surface area contributed by atoms with E-state index in [0.717, 1.165) is 45.2 Å². The van der Waals surface area contributed by atoms with Crippen LogP contribution in [-0.4, -0.2) is 34.4 Å². The smallest absolute Gasteiger partial charge is 0.270 e. The van der Waals surface area contributed by atoms with Gasteiger partial charge in [0, 0.05) is 52.6 Å². The molecule has 5 rings (SSSR count). The minimum atomic E-state index is -0.268. The Balaban J connectivity index is 1.50. The summed E-state index contributed by atoms with van der Waals surface area (Å²) in [4.78, 5) is 21.4. The molecule has 4 aromatic rings. The summed E-state index contributed by atoms with van der Waals surface area (Å²) in [6.45, 7) is 1.08. The van der Waals surface area contributed by atoms with Gasteiger partial charge in [-0.25, -0.2) is 4.39 Å². The number of H-pyrrole nitrogens is 2. The summed E-state index contributed by atoms with van der Waals surface area (Å²) in [7, 11) is 1.62. The van der Waals surface area contributed by atoms with Gasteiger partial charge in [0.15, 0.2) is 0 Å². The lowest BCUT2D eigenvalue weighted by Crippen LogP contribution is -2.36. The van der Waals surface area contributed by atoms with E-state index in [9.17, 15) is 9.18 Å². The van der Waals surface area contributed by atoms with E-state index < -0.39 is 0 Å². The van der Waals surface area contributed by atoms with Crippen LogP contribution in [0, 0.1) is 5.82 Å². The zero-order chi connectivity index (χ0) is 18.5. The highest BCUT2D eigenvalue weighted by Gasteiger charge is 2.26. The van der Waals surface area contributed by atoms with Crippen LogP contribution in [0.15, 0.2) is 42.5 Å². The number of aromatic amines is 2. The van der Waals surface area contributed by atoms with Crippen molar-refractivity contribution in [2.75, 3.05) is 13.7 Å². The highest BCUT2D eigenvalue weighted by atomic mass is 19.1. The Kier molecular flexibility index (Phi) is 3.47. The van der Waals surface area contributed by atoms with Crippen molar-refractivity contribution in [1.82, 2.24) is 14.9 Å². The molecule has 1 amide bonds. The largest absolute Gasteiger partial charge is 0.496 e. The Hall–Kier alpha value is -3.28. The highest BCUT2D eigenvalue weighted by molar-refractivity contribution is 6.00. The molecular weight excluding hydrogens is 345 g/mol. The molecular formula is C21H18FN3O2. The van der Waals surface area contributed by atoms with Gasteiger partial charge in [-0.05, 0) is 36.4 Å². The Morgan fingerprint density at radius 2 is 1.96 bits per heavy atom. The van der Waals surface area contributed by atoms with E-state index >= 15 is 0 Å². The summed E-state index contributed by atoms with van der Waals surface area (Å²) < 4.78 is 19.1. The van der Waals surface area contributed by atoms with E-state index in [-0.39, 0.29) is 11.7 Å². The number of hydrogen-bond donors (Lipinski definition) is 2. The zero-order valence-electron chi connectivity index (χ0n) is 14.8. The van der Waals surface area contributed by atoms with E-state index in [4.69, 9.17) is 4.74 Å². The molecule has 0 fully saturated rings. The Labute approximate surface area is 154 Å². The second-order valence-electron chi connectivity index (χ2n) is 6.85. The average molecular weight is 363 g/mol. The van der Waals surface area contributed by atoms with Crippen LogP contribution in [0.25, 0.3) is 21.8 Å². The molecule has 27 heavy (non-hydrogen) atoms. The van der Waals surface area contributed by atoms with Crippen LogP contribution >= 0.6 is 0 Å². The second kappa shape index (κ2) is 5.87. The summed E-state index contributed by atoms with van der Waals surface area (Å²) in [6.07, 6.45) is 0.723. The summed E-state index contributed by atoms with van der Waals surface area (Å²) in [5, 5.41) is 1.73. The SMILES string of the molecule is COc1cccc2[nH]c(C(=O)N3CCc4[nH]c5ccc(F)cc5c4C3)cc12. The monoisotopic (exact) mass is 363 g/mol. The quantitative estimate of drug-likeness (QED) is 0.566. The molecule has 1 aliphatic rings. The first-order valence-corrected chi connectivity index (χ1v) is 8.88. The van der Waals surface area contributed by atoms with Gasteiger partial charge in [0.1, 0.15) is 17.3 Å². The van der Waals surface area contributed by atoms with Crippen molar-refractivity contribution in [1.29, 1.82) is 0 Å². The van der Waals surface area contributed by atoms with Crippen molar-refractivity contribution in [2.45, 2.75) is 13.0 Å². The fourth-order valence-electron chi connectivity index (χ4n) is 3.95. The normalized spacial score (nSPS) is 13.9. The maximum absolute atomic E-state index is 13.7. The van der Waals surface area contributed by atoms with Crippen LogP contribution in [0.3, 0.4) is 0 Å². The number of carbonyl (C=O) groups excluding carboxylic acids is 1. The lowest BCUT2D eigenvalue weighted by Gasteiger charge is -2.26. The summed E-state index contributed by atoms with van der Waals surface area (Å²) in [6, 6.07) is 12.3. The summed E-state index contributed by atoms with van der Waals surface area (Å²) >= 11 is 0. The molecule has 0 bridgehead atoms. The van der Waals surface area contributed by atoms with Crippen LogP contribution < -0.4 is 4.74 Å². The molecule has 6 heteroatoms. The van der Waals surface area contributed by atoms with E-state index in [1.807, 2.05) is 24.3 Å². The molecule has 2 N–H and O–H groups in total. The predicted octanol–water partition coefficient (Wildman–Crippen LogP) is 4.00. The summed E-state index contributed by atoms with van der Waals surface area (Å²) in [5.74, 6) is 0.399. The number of aromatic nitrogens is 2. The third-order valence-corrected chi connectivity index (χ3v) is 5.30. The van der Waals surface area contributed by atoms with Gasteiger partial charge in [-0.15, -0.1) is 0 Å². The molecule has 136 valence electrons. The van der Waals surface area contributed by atoms with Crippen LogP contribution in [0.4, 0.5) is 4.39 Å². The van der Waals surface area contributed by atoms with E-state index in [0.29, 0.717) is 18.8 Å². The topological polar surface area (TPSA) is 61.1 Å². The van der Waals surface area contributed by atoms with E-state index in [1.54, 1.807) is 18.1 Å². The molecule has 0 saturated carbocycles. The minimum absolute atomic E-state index is 0.0651. The van der Waals surface area contributed by atoms with Gasteiger partial charge in [0.25, 0.3) is 5.91 Å². The molecule has 0 spiro atoms. The van der Waals surface area contributed by atoms with E-state index in [2.05, 4.69) is 9.97 Å². The number of nitrogens with one attached hydrogen (secondary N) is 2. The Morgan fingerprint density at radius 1 is 1.11 bits per heavy atom. The standard InChI is InChI=1S/C21H18FN3O2/c1-27-20-4-2-3-16-14(20)10-19(24-16)21(26)25-8-7-18-15(11-25)13-9-12(22)5-6-17(13)23-18/h2-6,9-10,23-24H,7-8,11H2,1H3. The van der Waals surface area contributed by atoms with E-state index in [1.165, 1.54) is 12.1 Å². The molecule has 0 saturated heterocycles. The van der Waals surface area contributed by atoms with Crippen LogP contribution in [0.2, 0.25) is 0 Å². The number of ether oxygens (including phenoxy) is 1. The maximum Gasteiger partial charge on any atom is 0.270 e. The number of nitrogens with zero attached hydrogens (tertiary/aromatic N) is 1. The predicted molar refractivity (Wildman–Crippen MR) is 102 cm³/mol. The first-order chi connectivity index (χ1) is 13.1. The van der Waals surface area contributed by atoms with Crippen LogP contribution in [0.1, 0.15) is 21.7 Å². The number of fused-ring (bicyclic) bond motifs is 4. The second-order valence-corrected chi connectivity index (χ2v) is 6.85. The lowest BCUT2D eigenvalue weighted by atomic mass is 10.0. The first-order valence-electron chi connectivity index (χ1n) is 8.88. The number of hydrogen-bond acceptors (Lipinski definition) is 2. The molecule has 1 aliphatic heterocycles. The van der Waals surface area contributed by atoms with Gasteiger partial charge in [0.05, 0.1) is 7.11 Å². The third kappa shape index (κ3) is 2.48. The van der Waals surface area contributed by atoms with Crippen molar-refractivity contribution >= 4 is 27.7 Å². The average Bonchev–Trinajstić information content (AvgIpc) is 3.28. The number of methoxy groups -OCH3 is 1. The fraction of sp³-hybridized carbons (Fsp3) is 0.190. The number of carbonyl (C=O) groups is 1. The van der Waals surface area contributed by atoms with Gasteiger partial charge in [-0.1, -0.05) is 6.07 Å².